The highest BCUT2D eigenvalue weighted by atomic mass is 19.1. The van der Waals surface area contributed by atoms with Crippen LogP contribution in [0.15, 0.2) is 18.2 Å². The van der Waals surface area contributed by atoms with E-state index in [9.17, 15) is 9.18 Å². The van der Waals surface area contributed by atoms with Gasteiger partial charge in [-0.25, -0.2) is 9.18 Å². The normalized spacial score (nSPS) is 15.7. The second kappa shape index (κ2) is 4.00. The number of aromatic carboxylic acids is 1. The molecule has 1 N–H and O–H groups in total. The van der Waals surface area contributed by atoms with Crippen molar-refractivity contribution in [3.05, 3.63) is 29.6 Å². The maximum atomic E-state index is 13.6. The zero-order chi connectivity index (χ0) is 10.8. The highest BCUT2D eigenvalue weighted by molar-refractivity contribution is 6.61. The number of halogens is 1. The molecule has 6 heteroatoms. The monoisotopic (exact) mass is 210 g/mol. The molecule has 0 saturated carbocycles. The van der Waals surface area contributed by atoms with E-state index in [1.807, 2.05) is 0 Å². The molecule has 4 nitrogen and oxygen atoms in total. The molecule has 1 aliphatic rings. The Kier molecular flexibility index (Phi) is 2.70. The number of carboxylic acid groups (broad SMARTS) is 1. The number of carbonyl (C=O) groups is 1. The van der Waals surface area contributed by atoms with Crippen molar-refractivity contribution in [2.24, 2.45) is 0 Å². The SMILES string of the molecule is O=C(O)c1cccc(B2OCCO2)c1F. The minimum Gasteiger partial charge on any atom is -0.478 e. The summed E-state index contributed by atoms with van der Waals surface area (Å²) in [6.45, 7) is 0.781. The van der Waals surface area contributed by atoms with Crippen LogP contribution in [-0.2, 0) is 9.31 Å². The molecule has 0 atom stereocenters. The topological polar surface area (TPSA) is 55.8 Å². The van der Waals surface area contributed by atoms with Gasteiger partial charge in [-0.15, -0.1) is 0 Å². The summed E-state index contributed by atoms with van der Waals surface area (Å²) in [5, 5.41) is 8.71. The highest BCUT2D eigenvalue weighted by Crippen LogP contribution is 2.08. The van der Waals surface area contributed by atoms with Crippen LogP contribution >= 0.6 is 0 Å². The second-order valence-electron chi connectivity index (χ2n) is 3.09. The van der Waals surface area contributed by atoms with Gasteiger partial charge in [0, 0.05) is 5.46 Å². The van der Waals surface area contributed by atoms with E-state index in [0.717, 1.165) is 0 Å². The van der Waals surface area contributed by atoms with Crippen LogP contribution in [-0.4, -0.2) is 31.4 Å². The average molecular weight is 210 g/mol. The van der Waals surface area contributed by atoms with Crippen molar-refractivity contribution in [1.29, 1.82) is 0 Å². The van der Waals surface area contributed by atoms with Gasteiger partial charge in [0.2, 0.25) is 0 Å². The lowest BCUT2D eigenvalue weighted by atomic mass is 9.78. The first-order chi connectivity index (χ1) is 7.20. The van der Waals surface area contributed by atoms with Gasteiger partial charge >= 0.3 is 13.1 Å². The predicted molar refractivity (Wildman–Crippen MR) is 50.7 cm³/mol. The summed E-state index contributed by atoms with van der Waals surface area (Å²) in [5.74, 6) is -2.09. The molecular formula is C9H8BFO4. The third-order valence-electron chi connectivity index (χ3n) is 2.13. The zero-order valence-electron chi connectivity index (χ0n) is 7.77. The van der Waals surface area contributed by atoms with Crippen LogP contribution in [0.5, 0.6) is 0 Å². The molecule has 2 rings (SSSR count). The van der Waals surface area contributed by atoms with Gasteiger partial charge in [0.1, 0.15) is 5.82 Å². The number of benzene rings is 1. The van der Waals surface area contributed by atoms with Crippen molar-refractivity contribution in [1.82, 2.24) is 0 Å². The lowest BCUT2D eigenvalue weighted by Gasteiger charge is -2.07. The van der Waals surface area contributed by atoms with Crippen LogP contribution < -0.4 is 5.46 Å². The van der Waals surface area contributed by atoms with Crippen LogP contribution in [0.25, 0.3) is 0 Å². The van der Waals surface area contributed by atoms with Crippen molar-refractivity contribution in [2.45, 2.75) is 0 Å². The third-order valence-corrected chi connectivity index (χ3v) is 2.13. The smallest absolute Gasteiger partial charge is 0.478 e. The fraction of sp³-hybridized carbons (Fsp3) is 0.222. The lowest BCUT2D eigenvalue weighted by molar-refractivity contribution is 0.0692. The van der Waals surface area contributed by atoms with Gasteiger partial charge in [0.25, 0.3) is 0 Å². The quantitative estimate of drug-likeness (QED) is 0.711. The van der Waals surface area contributed by atoms with Crippen LogP contribution in [0.3, 0.4) is 0 Å². The molecule has 1 fully saturated rings. The molecule has 1 saturated heterocycles. The van der Waals surface area contributed by atoms with Crippen molar-refractivity contribution < 1.29 is 23.6 Å². The molecule has 1 heterocycles. The van der Waals surface area contributed by atoms with E-state index in [-0.39, 0.29) is 11.0 Å². The Balaban J connectivity index is 2.39. The molecule has 0 spiro atoms. The Bertz CT molecular complexity index is 390. The molecule has 1 aromatic carbocycles. The van der Waals surface area contributed by atoms with E-state index in [4.69, 9.17) is 14.4 Å². The van der Waals surface area contributed by atoms with Crippen molar-refractivity contribution in [3.63, 3.8) is 0 Å². The first-order valence-corrected chi connectivity index (χ1v) is 4.45. The standard InChI is InChI=1S/C9H8BFO4/c11-8-6(9(12)13)2-1-3-7(8)10-14-4-5-15-10/h1-3H,4-5H2,(H,12,13). The van der Waals surface area contributed by atoms with E-state index >= 15 is 0 Å². The van der Waals surface area contributed by atoms with Crippen molar-refractivity contribution in [3.8, 4) is 0 Å². The molecule has 0 bridgehead atoms. The van der Waals surface area contributed by atoms with Crippen molar-refractivity contribution in [2.75, 3.05) is 13.2 Å². The molecule has 15 heavy (non-hydrogen) atoms. The molecule has 0 radical (unpaired) electrons. The molecule has 0 amide bonds. The summed E-state index contributed by atoms with van der Waals surface area (Å²) in [6.07, 6.45) is 0. The molecule has 78 valence electrons. The summed E-state index contributed by atoms with van der Waals surface area (Å²) in [6, 6.07) is 4.13. The number of hydrogen-bond donors (Lipinski definition) is 1. The Morgan fingerprint density at radius 1 is 1.40 bits per heavy atom. The third kappa shape index (κ3) is 1.86. The number of hydrogen-bond acceptors (Lipinski definition) is 3. The van der Waals surface area contributed by atoms with Gasteiger partial charge in [-0.1, -0.05) is 12.1 Å². The van der Waals surface area contributed by atoms with E-state index in [0.29, 0.717) is 13.2 Å². The minimum absolute atomic E-state index is 0.132. The zero-order valence-corrected chi connectivity index (χ0v) is 7.77. The van der Waals surface area contributed by atoms with Gasteiger partial charge in [-0.3, -0.25) is 0 Å². The van der Waals surface area contributed by atoms with Crippen molar-refractivity contribution >= 4 is 18.6 Å². The van der Waals surface area contributed by atoms with Crippen LogP contribution in [0.1, 0.15) is 10.4 Å². The molecule has 0 aliphatic carbocycles. The highest BCUT2D eigenvalue weighted by Gasteiger charge is 2.30. The predicted octanol–water partition coefficient (Wildman–Crippen LogP) is 0.266. The summed E-state index contributed by atoms with van der Waals surface area (Å²) in [5.41, 5.74) is -0.237. The van der Waals surface area contributed by atoms with Gasteiger partial charge in [0.05, 0.1) is 18.8 Å². The lowest BCUT2D eigenvalue weighted by Crippen LogP contribution is -2.35. The molecular weight excluding hydrogens is 202 g/mol. The Hall–Kier alpha value is -1.40. The summed E-state index contributed by atoms with van der Waals surface area (Å²) < 4.78 is 23.8. The first-order valence-electron chi connectivity index (χ1n) is 4.45. The Morgan fingerprint density at radius 3 is 2.67 bits per heavy atom. The summed E-state index contributed by atoms with van der Waals surface area (Å²) in [4.78, 5) is 10.7. The maximum absolute atomic E-state index is 13.6. The fourth-order valence-electron chi connectivity index (χ4n) is 1.44. The molecule has 0 unspecified atom stereocenters. The summed E-state index contributed by atoms with van der Waals surface area (Å²) >= 11 is 0. The largest absolute Gasteiger partial charge is 0.497 e. The fourth-order valence-corrected chi connectivity index (χ4v) is 1.44. The Morgan fingerprint density at radius 2 is 2.07 bits per heavy atom. The van der Waals surface area contributed by atoms with Gasteiger partial charge in [-0.2, -0.15) is 0 Å². The van der Waals surface area contributed by atoms with E-state index < -0.39 is 18.9 Å². The van der Waals surface area contributed by atoms with E-state index in [1.54, 1.807) is 0 Å². The van der Waals surface area contributed by atoms with E-state index in [2.05, 4.69) is 0 Å². The van der Waals surface area contributed by atoms with Gasteiger partial charge < -0.3 is 14.4 Å². The first kappa shape index (κ1) is 10.1. The Labute approximate surface area is 85.8 Å². The van der Waals surface area contributed by atoms with Gasteiger partial charge in [0.15, 0.2) is 0 Å². The molecule has 0 aromatic heterocycles. The maximum Gasteiger partial charge on any atom is 0.497 e. The summed E-state index contributed by atoms with van der Waals surface area (Å²) in [7, 11) is -0.788. The number of rotatable bonds is 2. The molecule has 1 aliphatic heterocycles. The molecule has 1 aromatic rings. The van der Waals surface area contributed by atoms with Gasteiger partial charge in [-0.05, 0) is 6.07 Å². The second-order valence-corrected chi connectivity index (χ2v) is 3.09. The number of carboxylic acids is 1. The van der Waals surface area contributed by atoms with Crippen LogP contribution in [0, 0.1) is 5.82 Å². The minimum atomic E-state index is -1.30. The van der Waals surface area contributed by atoms with E-state index in [1.165, 1.54) is 18.2 Å². The van der Waals surface area contributed by atoms with Crippen LogP contribution in [0.4, 0.5) is 4.39 Å². The average Bonchev–Trinajstić information content (AvgIpc) is 2.70. The van der Waals surface area contributed by atoms with Crippen LogP contribution in [0.2, 0.25) is 0 Å².